The molecule has 0 unspecified atom stereocenters. The Morgan fingerprint density at radius 1 is 1.06 bits per heavy atom. The van der Waals surface area contributed by atoms with E-state index in [2.05, 4.69) is 33.2 Å². The Kier molecular flexibility index (Phi) is 2.66. The lowest BCUT2D eigenvalue weighted by atomic mass is 10.0. The molecule has 1 aliphatic heterocycles. The zero-order chi connectivity index (χ0) is 11.5. The maximum absolute atomic E-state index is 4.26. The molecule has 84 valence electrons. The van der Waals surface area contributed by atoms with Gasteiger partial charge in [0, 0.05) is 25.0 Å². The molecule has 0 atom stereocenters. The Morgan fingerprint density at radius 3 is 2.82 bits per heavy atom. The van der Waals surface area contributed by atoms with Gasteiger partial charge in [0.2, 0.25) is 0 Å². The van der Waals surface area contributed by atoms with Crippen molar-refractivity contribution >= 4 is 6.21 Å². The second-order valence-corrected chi connectivity index (χ2v) is 4.17. The summed E-state index contributed by atoms with van der Waals surface area (Å²) >= 11 is 0. The molecule has 3 rings (SSSR count). The molecule has 0 aliphatic carbocycles. The molecule has 1 aliphatic rings. The van der Waals surface area contributed by atoms with E-state index in [4.69, 9.17) is 0 Å². The summed E-state index contributed by atoms with van der Waals surface area (Å²) in [5.74, 6) is 0.904. The number of hydrogen-bond acceptors (Lipinski definition) is 3. The Hall–Kier alpha value is -2.03. The second-order valence-electron chi connectivity index (χ2n) is 4.17. The van der Waals surface area contributed by atoms with Crippen LogP contribution in [0.4, 0.5) is 0 Å². The van der Waals surface area contributed by atoms with E-state index in [1.54, 1.807) is 12.4 Å². The molecular formula is C14H13N3. The highest BCUT2D eigenvalue weighted by atomic mass is 14.8. The van der Waals surface area contributed by atoms with Crippen molar-refractivity contribution in [3.8, 4) is 0 Å². The van der Waals surface area contributed by atoms with Gasteiger partial charge in [-0.3, -0.25) is 4.99 Å². The molecule has 2 heterocycles. The number of benzene rings is 1. The summed E-state index contributed by atoms with van der Waals surface area (Å²) in [6, 6.07) is 8.41. The lowest BCUT2D eigenvalue weighted by Crippen LogP contribution is -1.97. The number of nitrogens with zero attached hydrogens (tertiary/aromatic N) is 3. The molecule has 1 aromatic carbocycles. The highest BCUT2D eigenvalue weighted by Gasteiger charge is 2.06. The molecule has 1 aromatic heterocycles. The molecule has 0 saturated carbocycles. The van der Waals surface area contributed by atoms with E-state index >= 15 is 0 Å². The third-order valence-electron chi connectivity index (χ3n) is 2.96. The molecular weight excluding hydrogens is 210 g/mol. The first-order valence-corrected chi connectivity index (χ1v) is 5.79. The van der Waals surface area contributed by atoms with Gasteiger partial charge in [-0.2, -0.15) is 0 Å². The number of aliphatic imine (C=N–C) groups is 1. The number of aryl methyl sites for hydroxylation is 2. The van der Waals surface area contributed by atoms with Crippen molar-refractivity contribution in [2.45, 2.75) is 19.4 Å². The predicted octanol–water partition coefficient (Wildman–Crippen LogP) is 2.19. The van der Waals surface area contributed by atoms with Gasteiger partial charge in [0.25, 0.3) is 0 Å². The standard InChI is InChI=1S/C14H13N3/c1-6-16-14(17-7-1)5-3-11-2-4-12-9-15-10-13(12)8-11/h1-2,4,6-8,10H,3,5,9H2. The zero-order valence-corrected chi connectivity index (χ0v) is 9.50. The Bertz CT molecular complexity index is 547. The number of fused-ring (bicyclic) bond motifs is 1. The highest BCUT2D eigenvalue weighted by Crippen LogP contribution is 2.17. The van der Waals surface area contributed by atoms with Crippen LogP contribution in [0.5, 0.6) is 0 Å². The third-order valence-corrected chi connectivity index (χ3v) is 2.96. The van der Waals surface area contributed by atoms with Crippen LogP contribution in [0.15, 0.2) is 41.7 Å². The van der Waals surface area contributed by atoms with E-state index in [1.807, 2.05) is 12.3 Å². The Labute approximate surface area is 100 Å². The topological polar surface area (TPSA) is 38.1 Å². The fraction of sp³-hybridized carbons (Fsp3) is 0.214. The molecule has 0 bridgehead atoms. The van der Waals surface area contributed by atoms with Gasteiger partial charge in [0.05, 0.1) is 6.54 Å². The largest absolute Gasteiger partial charge is 0.288 e. The minimum Gasteiger partial charge on any atom is -0.288 e. The number of hydrogen-bond donors (Lipinski definition) is 0. The summed E-state index contributed by atoms with van der Waals surface area (Å²) in [6.45, 7) is 0.831. The van der Waals surface area contributed by atoms with Gasteiger partial charge in [-0.25, -0.2) is 9.97 Å². The van der Waals surface area contributed by atoms with Gasteiger partial charge in [0.1, 0.15) is 5.82 Å². The van der Waals surface area contributed by atoms with Crippen LogP contribution in [-0.4, -0.2) is 16.2 Å². The van der Waals surface area contributed by atoms with Crippen LogP contribution in [0.25, 0.3) is 0 Å². The van der Waals surface area contributed by atoms with E-state index in [-0.39, 0.29) is 0 Å². The maximum atomic E-state index is 4.26. The van der Waals surface area contributed by atoms with Gasteiger partial charge in [-0.1, -0.05) is 12.1 Å². The maximum Gasteiger partial charge on any atom is 0.128 e. The van der Waals surface area contributed by atoms with Crippen molar-refractivity contribution in [2.24, 2.45) is 4.99 Å². The first kappa shape index (κ1) is 10.1. The first-order valence-electron chi connectivity index (χ1n) is 5.79. The molecule has 0 amide bonds. The van der Waals surface area contributed by atoms with Gasteiger partial charge < -0.3 is 0 Å². The molecule has 0 radical (unpaired) electrons. The number of aromatic nitrogens is 2. The summed E-state index contributed by atoms with van der Waals surface area (Å²) in [4.78, 5) is 12.7. The fourth-order valence-corrected chi connectivity index (χ4v) is 2.02. The van der Waals surface area contributed by atoms with Crippen molar-refractivity contribution in [1.29, 1.82) is 0 Å². The average molecular weight is 223 g/mol. The Balaban J connectivity index is 1.72. The molecule has 0 N–H and O–H groups in total. The highest BCUT2D eigenvalue weighted by molar-refractivity contribution is 5.84. The summed E-state index contributed by atoms with van der Waals surface area (Å²) in [5.41, 5.74) is 3.91. The van der Waals surface area contributed by atoms with Crippen LogP contribution >= 0.6 is 0 Å². The quantitative estimate of drug-likeness (QED) is 0.800. The monoisotopic (exact) mass is 223 g/mol. The van der Waals surface area contributed by atoms with Gasteiger partial charge in [-0.05, 0) is 35.2 Å². The fourth-order valence-electron chi connectivity index (χ4n) is 2.02. The van der Waals surface area contributed by atoms with Crippen molar-refractivity contribution < 1.29 is 0 Å². The number of rotatable bonds is 3. The smallest absolute Gasteiger partial charge is 0.128 e. The van der Waals surface area contributed by atoms with E-state index < -0.39 is 0 Å². The normalized spacial score (nSPS) is 12.7. The minimum atomic E-state index is 0.831. The summed E-state index contributed by atoms with van der Waals surface area (Å²) in [5, 5.41) is 0. The first-order chi connectivity index (χ1) is 8.42. The second kappa shape index (κ2) is 4.45. The molecule has 0 fully saturated rings. The predicted molar refractivity (Wildman–Crippen MR) is 67.2 cm³/mol. The van der Waals surface area contributed by atoms with Gasteiger partial charge in [0.15, 0.2) is 0 Å². The van der Waals surface area contributed by atoms with E-state index in [0.717, 1.165) is 25.2 Å². The molecule has 3 nitrogen and oxygen atoms in total. The molecule has 3 heteroatoms. The molecule has 0 spiro atoms. The minimum absolute atomic E-state index is 0.831. The van der Waals surface area contributed by atoms with Crippen molar-refractivity contribution in [3.05, 3.63) is 59.2 Å². The van der Waals surface area contributed by atoms with Crippen LogP contribution in [0, 0.1) is 0 Å². The van der Waals surface area contributed by atoms with Crippen molar-refractivity contribution in [3.63, 3.8) is 0 Å². The van der Waals surface area contributed by atoms with Gasteiger partial charge >= 0.3 is 0 Å². The summed E-state index contributed by atoms with van der Waals surface area (Å²) in [7, 11) is 0. The van der Waals surface area contributed by atoms with E-state index in [0.29, 0.717) is 0 Å². The zero-order valence-electron chi connectivity index (χ0n) is 9.50. The van der Waals surface area contributed by atoms with Crippen LogP contribution in [0.2, 0.25) is 0 Å². The molecule has 2 aromatic rings. The Morgan fingerprint density at radius 2 is 1.94 bits per heavy atom. The van der Waals surface area contributed by atoms with Crippen LogP contribution < -0.4 is 0 Å². The lowest BCUT2D eigenvalue weighted by Gasteiger charge is -2.03. The lowest BCUT2D eigenvalue weighted by molar-refractivity contribution is 0.857. The van der Waals surface area contributed by atoms with E-state index in [1.165, 1.54) is 16.7 Å². The van der Waals surface area contributed by atoms with Crippen LogP contribution in [0.1, 0.15) is 22.5 Å². The van der Waals surface area contributed by atoms with E-state index in [9.17, 15) is 0 Å². The summed E-state index contributed by atoms with van der Waals surface area (Å²) < 4.78 is 0. The van der Waals surface area contributed by atoms with Crippen LogP contribution in [0.3, 0.4) is 0 Å². The summed E-state index contributed by atoms with van der Waals surface area (Å²) in [6.07, 6.45) is 7.40. The molecule has 0 saturated heterocycles. The van der Waals surface area contributed by atoms with Crippen molar-refractivity contribution in [2.75, 3.05) is 0 Å². The SMILES string of the molecule is C1=NCc2ccc(CCc3ncccn3)cc21. The van der Waals surface area contributed by atoms with Crippen LogP contribution in [-0.2, 0) is 19.4 Å². The molecule has 17 heavy (non-hydrogen) atoms. The van der Waals surface area contributed by atoms with Gasteiger partial charge in [-0.15, -0.1) is 0 Å². The average Bonchev–Trinajstić information content (AvgIpc) is 2.85. The third kappa shape index (κ3) is 2.23. The van der Waals surface area contributed by atoms with Crippen molar-refractivity contribution in [1.82, 2.24) is 9.97 Å².